The Hall–Kier alpha value is -1.31. The molecule has 0 atom stereocenters. The highest BCUT2D eigenvalue weighted by Crippen LogP contribution is 2.38. The van der Waals surface area contributed by atoms with Crippen LogP contribution in [-0.2, 0) is 4.79 Å². The topological polar surface area (TPSA) is 26.3 Å². The predicted molar refractivity (Wildman–Crippen MR) is 59.0 cm³/mol. The van der Waals surface area contributed by atoms with Gasteiger partial charge in [-0.15, -0.1) is 0 Å². The highest BCUT2D eigenvalue weighted by molar-refractivity contribution is 5.69. The number of para-hydroxylation sites is 1. The van der Waals surface area contributed by atoms with Gasteiger partial charge in [0.2, 0.25) is 0 Å². The number of benzene rings is 1. The second-order valence-electron chi connectivity index (χ2n) is 4.11. The summed E-state index contributed by atoms with van der Waals surface area (Å²) in [5.74, 6) is 1.10. The second kappa shape index (κ2) is 4.47. The van der Waals surface area contributed by atoms with Gasteiger partial charge in [0.15, 0.2) is 0 Å². The Morgan fingerprint density at radius 1 is 1.27 bits per heavy atom. The lowest BCUT2D eigenvalue weighted by atomic mass is 9.97. The van der Waals surface area contributed by atoms with E-state index in [0.29, 0.717) is 5.92 Å². The molecule has 0 saturated heterocycles. The minimum absolute atomic E-state index is 0.236. The molecule has 2 heteroatoms. The van der Waals surface area contributed by atoms with E-state index < -0.39 is 0 Å². The van der Waals surface area contributed by atoms with Crippen LogP contribution in [0.25, 0.3) is 0 Å². The molecule has 2 nitrogen and oxygen atoms in total. The lowest BCUT2D eigenvalue weighted by molar-refractivity contribution is -0.131. The van der Waals surface area contributed by atoms with Crippen LogP contribution in [0.3, 0.4) is 0 Å². The molecule has 0 N–H and O–H groups in total. The molecule has 0 radical (unpaired) electrons. The van der Waals surface area contributed by atoms with E-state index in [0.717, 1.165) is 5.75 Å². The summed E-state index contributed by atoms with van der Waals surface area (Å²) >= 11 is 0. The average molecular weight is 204 g/mol. The first-order valence-electron chi connectivity index (χ1n) is 5.54. The molecule has 0 unspecified atom stereocenters. The van der Waals surface area contributed by atoms with Crippen molar-refractivity contribution in [1.29, 1.82) is 0 Å². The van der Waals surface area contributed by atoms with Crippen LogP contribution in [0.2, 0.25) is 0 Å². The molecule has 15 heavy (non-hydrogen) atoms. The fourth-order valence-corrected chi connectivity index (χ4v) is 2.30. The zero-order valence-electron chi connectivity index (χ0n) is 9.03. The van der Waals surface area contributed by atoms with Crippen LogP contribution in [0.1, 0.15) is 44.1 Å². The molecule has 0 heterocycles. The Balaban J connectivity index is 2.24. The molecule has 80 valence electrons. The molecular weight excluding hydrogens is 188 g/mol. The fourth-order valence-electron chi connectivity index (χ4n) is 2.30. The largest absolute Gasteiger partial charge is 0.426 e. The molecule has 1 aromatic carbocycles. The molecule has 0 bridgehead atoms. The number of carbonyl (C=O) groups is 1. The number of hydrogen-bond acceptors (Lipinski definition) is 2. The quantitative estimate of drug-likeness (QED) is 0.546. The van der Waals surface area contributed by atoms with E-state index in [1.165, 1.54) is 38.2 Å². The van der Waals surface area contributed by atoms with Gasteiger partial charge in [0.1, 0.15) is 5.75 Å². The van der Waals surface area contributed by atoms with Gasteiger partial charge in [-0.25, -0.2) is 0 Å². The zero-order chi connectivity index (χ0) is 10.7. The Morgan fingerprint density at radius 2 is 1.93 bits per heavy atom. The molecule has 1 saturated carbocycles. The maximum Gasteiger partial charge on any atom is 0.308 e. The van der Waals surface area contributed by atoms with Gasteiger partial charge in [-0.1, -0.05) is 31.0 Å². The summed E-state index contributed by atoms with van der Waals surface area (Å²) in [6.45, 7) is 1.45. The van der Waals surface area contributed by atoms with Crippen LogP contribution in [0.5, 0.6) is 5.75 Å². The molecule has 1 aliphatic rings. The molecule has 0 amide bonds. The molecule has 1 aromatic rings. The summed E-state index contributed by atoms with van der Waals surface area (Å²) in [4.78, 5) is 11.0. The predicted octanol–water partition coefficient (Wildman–Crippen LogP) is 3.27. The summed E-state index contributed by atoms with van der Waals surface area (Å²) in [7, 11) is 0. The van der Waals surface area contributed by atoms with Crippen molar-refractivity contribution in [3.8, 4) is 5.75 Å². The maximum atomic E-state index is 11.0. The Morgan fingerprint density at radius 3 is 2.60 bits per heavy atom. The number of rotatable bonds is 2. The molecule has 0 aromatic heterocycles. The third-order valence-corrected chi connectivity index (χ3v) is 2.97. The van der Waals surface area contributed by atoms with Crippen molar-refractivity contribution >= 4 is 5.97 Å². The molecule has 0 aliphatic heterocycles. The van der Waals surface area contributed by atoms with Crippen molar-refractivity contribution in [3.63, 3.8) is 0 Å². The van der Waals surface area contributed by atoms with Gasteiger partial charge in [0.05, 0.1) is 0 Å². The van der Waals surface area contributed by atoms with E-state index in [1.54, 1.807) is 0 Å². The van der Waals surface area contributed by atoms with Gasteiger partial charge < -0.3 is 4.74 Å². The third-order valence-electron chi connectivity index (χ3n) is 2.97. The third kappa shape index (κ3) is 2.38. The van der Waals surface area contributed by atoms with Crippen LogP contribution in [-0.4, -0.2) is 5.97 Å². The number of carbonyl (C=O) groups excluding carboxylic acids is 1. The number of hydrogen-bond donors (Lipinski definition) is 0. The Labute approximate surface area is 90.3 Å². The summed E-state index contributed by atoms with van der Waals surface area (Å²) in [5.41, 5.74) is 1.20. The highest BCUT2D eigenvalue weighted by Gasteiger charge is 2.20. The smallest absolute Gasteiger partial charge is 0.308 e. The van der Waals surface area contributed by atoms with Gasteiger partial charge in [-0.2, -0.15) is 0 Å². The van der Waals surface area contributed by atoms with Crippen molar-refractivity contribution in [2.75, 3.05) is 0 Å². The Bertz CT molecular complexity index is 351. The van der Waals surface area contributed by atoms with E-state index in [4.69, 9.17) is 4.74 Å². The number of esters is 1. The molecular formula is C13H16O2. The first kappa shape index (κ1) is 10.2. The van der Waals surface area contributed by atoms with E-state index in [1.807, 2.05) is 18.2 Å². The first-order chi connectivity index (χ1) is 7.27. The van der Waals surface area contributed by atoms with Crippen LogP contribution >= 0.6 is 0 Å². The van der Waals surface area contributed by atoms with Gasteiger partial charge in [0, 0.05) is 6.92 Å². The Kier molecular flexibility index (Phi) is 3.05. The lowest BCUT2D eigenvalue weighted by Crippen LogP contribution is -2.05. The SMILES string of the molecule is CC(=O)Oc1ccccc1C1CCCC1. The van der Waals surface area contributed by atoms with Crippen molar-refractivity contribution in [2.45, 2.75) is 38.5 Å². The van der Waals surface area contributed by atoms with Crippen LogP contribution in [0.4, 0.5) is 0 Å². The summed E-state index contributed by atoms with van der Waals surface area (Å²) in [6, 6.07) is 7.89. The van der Waals surface area contributed by atoms with E-state index in [9.17, 15) is 4.79 Å². The van der Waals surface area contributed by atoms with Crippen LogP contribution in [0, 0.1) is 0 Å². The molecule has 1 fully saturated rings. The highest BCUT2D eigenvalue weighted by atomic mass is 16.5. The number of ether oxygens (including phenoxy) is 1. The molecule has 2 rings (SSSR count). The second-order valence-corrected chi connectivity index (χ2v) is 4.11. The van der Waals surface area contributed by atoms with Crippen molar-refractivity contribution in [1.82, 2.24) is 0 Å². The van der Waals surface area contributed by atoms with Gasteiger partial charge in [-0.05, 0) is 30.4 Å². The van der Waals surface area contributed by atoms with Crippen molar-refractivity contribution < 1.29 is 9.53 Å². The maximum absolute atomic E-state index is 11.0. The van der Waals surface area contributed by atoms with Crippen molar-refractivity contribution in [2.24, 2.45) is 0 Å². The lowest BCUT2D eigenvalue weighted by Gasteiger charge is -2.13. The van der Waals surface area contributed by atoms with Gasteiger partial charge in [-0.3, -0.25) is 4.79 Å². The normalized spacial score (nSPS) is 16.6. The fraction of sp³-hybridized carbons (Fsp3) is 0.462. The zero-order valence-corrected chi connectivity index (χ0v) is 9.03. The summed E-state index contributed by atoms with van der Waals surface area (Å²) in [5, 5.41) is 0. The minimum atomic E-state index is -0.236. The van der Waals surface area contributed by atoms with E-state index in [2.05, 4.69) is 6.07 Å². The van der Waals surface area contributed by atoms with Crippen LogP contribution < -0.4 is 4.74 Å². The van der Waals surface area contributed by atoms with E-state index in [-0.39, 0.29) is 5.97 Å². The minimum Gasteiger partial charge on any atom is -0.426 e. The average Bonchev–Trinajstić information content (AvgIpc) is 2.70. The summed E-state index contributed by atoms with van der Waals surface area (Å²) < 4.78 is 5.22. The van der Waals surface area contributed by atoms with Gasteiger partial charge >= 0.3 is 5.97 Å². The first-order valence-corrected chi connectivity index (χ1v) is 5.54. The monoisotopic (exact) mass is 204 g/mol. The standard InChI is InChI=1S/C13H16O2/c1-10(14)15-13-9-5-4-8-12(13)11-6-2-3-7-11/h4-5,8-9,11H,2-3,6-7H2,1H3. The van der Waals surface area contributed by atoms with Crippen LogP contribution in [0.15, 0.2) is 24.3 Å². The molecule has 1 aliphatic carbocycles. The molecule has 0 spiro atoms. The van der Waals surface area contributed by atoms with Crippen molar-refractivity contribution in [3.05, 3.63) is 29.8 Å². The van der Waals surface area contributed by atoms with Gasteiger partial charge in [0.25, 0.3) is 0 Å². The summed E-state index contributed by atoms with van der Waals surface area (Å²) in [6.07, 6.45) is 5.02. The van der Waals surface area contributed by atoms with E-state index >= 15 is 0 Å².